The smallest absolute Gasteiger partial charge is 0.258 e. The van der Waals surface area contributed by atoms with E-state index in [9.17, 15) is 19.8 Å². The number of hydrogen-bond acceptors (Lipinski definition) is 17. The van der Waals surface area contributed by atoms with Gasteiger partial charge in [-0.15, -0.1) is 21.5 Å². The van der Waals surface area contributed by atoms with Crippen LogP contribution in [-0.4, -0.2) is 146 Å². The highest BCUT2D eigenvalue weighted by molar-refractivity contribution is 7.13. The first kappa shape index (κ1) is 51.7. The van der Waals surface area contributed by atoms with Crippen LogP contribution in [0.25, 0.3) is 33.0 Å². The Kier molecular flexibility index (Phi) is 14.7. The number of ether oxygens (including phenoxy) is 1. The number of alkyl halides is 1. The Morgan fingerprint density at radius 3 is 2.40 bits per heavy atom. The van der Waals surface area contributed by atoms with E-state index in [1.54, 1.807) is 35.7 Å². The van der Waals surface area contributed by atoms with Crippen LogP contribution in [0.2, 0.25) is 0 Å². The normalized spacial score (nSPS) is 22.8. The standard InChI is InChI=1S/C57H65FN12O6S/c1-33(2)53(57(74)69-30-42(71)24-47(69)56(73)62-34(3)37-9-11-38(12-10-37)54-35(4)61-32-77-54)50-26-51(65-76-50)67-21-16-36(17-22-67)27-66-20-18-49(44(58)31-66)75-52-23-39(15-19-60-52)70-40-13-14-41(70)29-68(28-40)46-25-45(63-64-55(46)59)43-7-5-6-8-48(43)72/h5-12,15,19,23,25-26,32,36,40-42,44,47,49,71-72H,3,13-14,16-18,20-22,24,27-31H2,1-2,4H3,(H2,59,64)(H,62,73)/t40?,41?,42-,44+,47+,49-/m1/s1. The summed E-state index contributed by atoms with van der Waals surface area (Å²) in [6.07, 6.45) is 3.51. The Balaban J connectivity index is 0.649. The zero-order chi connectivity index (χ0) is 53.5. The number of aryl methyl sites for hydroxylation is 1. The molecule has 20 heteroatoms. The molecule has 402 valence electrons. The molecule has 2 bridgehead atoms. The first-order valence-corrected chi connectivity index (χ1v) is 27.5. The van der Waals surface area contributed by atoms with Gasteiger partial charge in [-0.25, -0.2) is 14.4 Å². The number of hydrogen-bond donors (Lipinski definition) is 4. The minimum absolute atomic E-state index is 0.00741. The summed E-state index contributed by atoms with van der Waals surface area (Å²) in [5.41, 5.74) is 15.2. The molecule has 5 saturated heterocycles. The number of allylic oxidation sites excluding steroid dienone is 1. The van der Waals surface area contributed by atoms with Crippen molar-refractivity contribution in [3.8, 4) is 33.3 Å². The topological polar surface area (TPSA) is 216 Å². The zero-order valence-corrected chi connectivity index (χ0v) is 44.4. The number of amides is 2. The van der Waals surface area contributed by atoms with Crippen molar-refractivity contribution < 1.29 is 33.5 Å². The van der Waals surface area contributed by atoms with Gasteiger partial charge < -0.3 is 50.1 Å². The Hall–Kier alpha value is -7.42. The van der Waals surface area contributed by atoms with Gasteiger partial charge in [0.1, 0.15) is 24.1 Å². The van der Waals surface area contributed by atoms with Crippen molar-refractivity contribution in [3.05, 3.63) is 114 Å². The molecule has 9 heterocycles. The van der Waals surface area contributed by atoms with Gasteiger partial charge in [0.05, 0.1) is 39.1 Å². The van der Waals surface area contributed by atoms with E-state index in [2.05, 4.69) is 56.8 Å². The number of aliphatic hydroxyl groups excluding tert-OH is 1. The van der Waals surface area contributed by atoms with Crippen LogP contribution in [0.4, 0.5) is 27.4 Å². The molecule has 2 amide bonds. The second-order valence-corrected chi connectivity index (χ2v) is 22.2. The molecule has 6 atom stereocenters. The number of nitrogens with zero attached hydrogens (tertiary/aromatic N) is 10. The molecule has 4 aromatic heterocycles. The molecule has 5 fully saturated rings. The number of pyridine rings is 1. The Morgan fingerprint density at radius 1 is 0.922 bits per heavy atom. The number of para-hydroxylation sites is 1. The van der Waals surface area contributed by atoms with E-state index in [0.717, 1.165) is 98.0 Å². The maximum Gasteiger partial charge on any atom is 0.258 e. The number of phenolic OH excluding ortho intramolecular Hbond substituents is 1. The van der Waals surface area contributed by atoms with E-state index in [1.807, 2.05) is 80.9 Å². The fourth-order valence-corrected chi connectivity index (χ4v) is 12.8. The van der Waals surface area contributed by atoms with Crippen LogP contribution in [-0.2, 0) is 9.59 Å². The minimum atomic E-state index is -1.17. The quantitative estimate of drug-likeness (QED) is 0.0785. The summed E-state index contributed by atoms with van der Waals surface area (Å²) in [7, 11) is 0. The van der Waals surface area contributed by atoms with Gasteiger partial charge in [0.2, 0.25) is 11.8 Å². The van der Waals surface area contributed by atoms with Crippen molar-refractivity contribution in [1.29, 1.82) is 0 Å². The number of carbonyl (C=O) groups excluding carboxylic acids is 2. The predicted octanol–water partition coefficient (Wildman–Crippen LogP) is 7.35. The van der Waals surface area contributed by atoms with Crippen LogP contribution in [0.3, 0.4) is 0 Å². The molecular formula is C57H65FN12O6S. The number of piperidine rings is 2. The highest BCUT2D eigenvalue weighted by atomic mass is 32.1. The largest absolute Gasteiger partial charge is 0.507 e. The maximum absolute atomic E-state index is 16.0. The third-order valence-corrected chi connectivity index (χ3v) is 16.9. The van der Waals surface area contributed by atoms with Crippen molar-refractivity contribution in [1.82, 2.24) is 40.4 Å². The van der Waals surface area contributed by atoms with Gasteiger partial charge in [-0.3, -0.25) is 14.5 Å². The van der Waals surface area contributed by atoms with Gasteiger partial charge in [-0.1, -0.05) is 53.7 Å². The van der Waals surface area contributed by atoms with E-state index in [4.69, 9.17) is 15.0 Å². The number of nitrogens with two attached hydrogens (primary N) is 1. The number of β-amino-alcohol motifs (C(OH)–C–C–N with tert-alkyl or cyclic N) is 1. The molecule has 5 aliphatic rings. The molecule has 0 aliphatic carbocycles. The van der Waals surface area contributed by atoms with Gasteiger partial charge in [-0.2, -0.15) is 0 Å². The van der Waals surface area contributed by atoms with E-state index >= 15 is 4.39 Å². The van der Waals surface area contributed by atoms with E-state index in [0.29, 0.717) is 63.7 Å². The molecule has 77 heavy (non-hydrogen) atoms. The van der Waals surface area contributed by atoms with Crippen LogP contribution in [0.5, 0.6) is 11.6 Å². The number of anilines is 4. The fourth-order valence-electron chi connectivity index (χ4n) is 12.0. The highest BCUT2D eigenvalue weighted by Crippen LogP contribution is 2.40. The number of benzene rings is 2. The summed E-state index contributed by atoms with van der Waals surface area (Å²) in [4.78, 5) is 48.5. The number of halogens is 1. The number of aromatic nitrogens is 5. The average Bonchev–Trinajstić information content (AvgIpc) is 4.26. The number of aliphatic hydroxyl groups is 1. The summed E-state index contributed by atoms with van der Waals surface area (Å²) in [5, 5.41) is 37.0. The molecule has 2 aromatic carbocycles. The lowest BCUT2D eigenvalue weighted by Crippen LogP contribution is -2.54. The second-order valence-electron chi connectivity index (χ2n) is 21.3. The summed E-state index contributed by atoms with van der Waals surface area (Å²) in [5.74, 6) is 1.34. The Bertz CT molecular complexity index is 3160. The first-order chi connectivity index (χ1) is 37.2. The van der Waals surface area contributed by atoms with Crippen LogP contribution < -0.4 is 30.5 Å². The predicted molar refractivity (Wildman–Crippen MR) is 295 cm³/mol. The summed E-state index contributed by atoms with van der Waals surface area (Å²) < 4.78 is 28.2. The van der Waals surface area contributed by atoms with Crippen molar-refractivity contribution in [3.63, 3.8) is 0 Å². The van der Waals surface area contributed by atoms with Crippen LogP contribution in [0.1, 0.15) is 69.4 Å². The number of nitrogen functional groups attached to an aromatic ring is 1. The van der Waals surface area contributed by atoms with E-state index in [-0.39, 0.29) is 37.3 Å². The monoisotopic (exact) mass is 1060 g/mol. The van der Waals surface area contributed by atoms with Crippen molar-refractivity contribution in [2.24, 2.45) is 5.92 Å². The van der Waals surface area contributed by atoms with Crippen LogP contribution in [0, 0.1) is 12.8 Å². The zero-order valence-electron chi connectivity index (χ0n) is 43.6. The molecule has 18 nitrogen and oxygen atoms in total. The molecule has 5 aliphatic heterocycles. The maximum atomic E-state index is 16.0. The second kappa shape index (κ2) is 21.9. The lowest BCUT2D eigenvalue weighted by molar-refractivity contribution is -0.134. The number of carbonyl (C=O) groups is 2. The first-order valence-electron chi connectivity index (χ1n) is 26.6. The summed E-state index contributed by atoms with van der Waals surface area (Å²) >= 11 is 1.56. The molecule has 2 unspecified atom stereocenters. The SMILES string of the molecule is C=C(NC(=O)[C@@H]1C[C@@H](O)CN1C(=O)C(=C(C)C)c1cc(N2CCC(CN3CC[C@@H](Oc4cc(N5C6CCC5CN(c5cc(-c7ccccc7O)nnc5N)C6)ccn4)[C@@H](F)C3)CC2)no1)c1ccc(-c2scnc2C)cc1. The third kappa shape index (κ3) is 10.8. The molecule has 0 saturated carbocycles. The Labute approximate surface area is 451 Å². The highest BCUT2D eigenvalue weighted by Gasteiger charge is 2.43. The lowest BCUT2D eigenvalue weighted by atomic mass is 9.94. The van der Waals surface area contributed by atoms with Gasteiger partial charge >= 0.3 is 0 Å². The van der Waals surface area contributed by atoms with Crippen LogP contribution in [0.15, 0.2) is 101 Å². The molecule has 5 N–H and O–H groups in total. The third-order valence-electron chi connectivity index (χ3n) is 15.9. The minimum Gasteiger partial charge on any atom is -0.507 e. The molecule has 0 radical (unpaired) electrons. The summed E-state index contributed by atoms with van der Waals surface area (Å²) in [6, 6.07) is 21.9. The Morgan fingerprint density at radius 2 is 1.69 bits per heavy atom. The average molecular weight is 1070 g/mol. The number of nitrogens with one attached hydrogen (secondary N) is 1. The van der Waals surface area contributed by atoms with Crippen molar-refractivity contribution >= 4 is 57.4 Å². The molecule has 0 spiro atoms. The fraction of sp³-hybridized carbons (Fsp3) is 0.421. The van der Waals surface area contributed by atoms with E-state index in [1.165, 1.54) is 4.90 Å². The van der Waals surface area contributed by atoms with Gasteiger partial charge in [0.25, 0.3) is 5.91 Å². The number of fused-ring (bicyclic) bond motifs is 2. The lowest BCUT2D eigenvalue weighted by Gasteiger charge is -2.43. The van der Waals surface area contributed by atoms with Crippen LogP contribution >= 0.6 is 11.3 Å². The number of phenols is 1. The molecule has 6 aromatic rings. The number of piperazine rings is 1. The number of rotatable bonds is 14. The van der Waals surface area contributed by atoms with Crippen molar-refractivity contribution in [2.75, 3.05) is 72.8 Å². The van der Waals surface area contributed by atoms with Crippen molar-refractivity contribution in [2.45, 2.75) is 95.8 Å². The van der Waals surface area contributed by atoms with Gasteiger partial charge in [-0.05, 0) is 94.2 Å². The number of aromatic hydroxyl groups is 1. The summed E-state index contributed by atoms with van der Waals surface area (Å²) in [6.45, 7) is 14.4. The number of thiazole rings is 1. The molecular weight excluding hydrogens is 1000 g/mol. The number of likely N-dealkylation sites (tertiary alicyclic amines) is 2. The van der Waals surface area contributed by atoms with Gasteiger partial charge in [0.15, 0.2) is 17.4 Å². The molecule has 11 rings (SSSR count). The van der Waals surface area contributed by atoms with E-state index < -0.39 is 36.2 Å². The van der Waals surface area contributed by atoms with Gasteiger partial charge in [0, 0.05) is 106 Å².